The maximum atomic E-state index is 5.68. The highest BCUT2D eigenvalue weighted by Crippen LogP contribution is 2.40. The minimum absolute atomic E-state index is 0. The third-order valence-corrected chi connectivity index (χ3v) is 4.92. The van der Waals surface area contributed by atoms with Crippen LogP contribution in [0.1, 0.15) is 24.3 Å². The van der Waals surface area contributed by atoms with E-state index in [2.05, 4.69) is 45.5 Å². The van der Waals surface area contributed by atoms with Crippen LogP contribution in [-0.4, -0.2) is 64.0 Å². The number of nitrogens with zero attached hydrogens (tertiary/aromatic N) is 2. The van der Waals surface area contributed by atoms with Crippen molar-refractivity contribution in [3.05, 3.63) is 35.9 Å². The molecule has 1 aromatic rings. The van der Waals surface area contributed by atoms with Gasteiger partial charge in [0.2, 0.25) is 0 Å². The summed E-state index contributed by atoms with van der Waals surface area (Å²) in [5, 5.41) is 3.64. The van der Waals surface area contributed by atoms with Crippen LogP contribution in [0.2, 0.25) is 0 Å². The number of nitrogens with one attached hydrogen (secondary N) is 1. The lowest BCUT2D eigenvalue weighted by molar-refractivity contribution is 0.0536. The van der Waals surface area contributed by atoms with Crippen molar-refractivity contribution in [2.75, 3.05) is 47.1 Å². The summed E-state index contributed by atoms with van der Waals surface area (Å²) in [7, 11) is 3.58. The predicted octanol–water partition coefficient (Wildman–Crippen LogP) is 2.72. The number of likely N-dealkylation sites (tertiary alicyclic amines) is 1. The molecule has 0 radical (unpaired) electrons. The molecular weight excluding hydrogens is 429 g/mol. The van der Waals surface area contributed by atoms with E-state index in [9.17, 15) is 0 Å². The van der Waals surface area contributed by atoms with Gasteiger partial charge in [0.05, 0.1) is 19.8 Å². The van der Waals surface area contributed by atoms with E-state index >= 15 is 0 Å². The third kappa shape index (κ3) is 5.82. The van der Waals surface area contributed by atoms with Crippen molar-refractivity contribution in [3.63, 3.8) is 0 Å². The monoisotopic (exact) mass is 459 g/mol. The molecule has 3 atom stereocenters. The maximum Gasteiger partial charge on any atom is 0.193 e. The first-order valence-corrected chi connectivity index (χ1v) is 8.91. The van der Waals surface area contributed by atoms with Crippen molar-refractivity contribution < 1.29 is 9.47 Å². The molecule has 6 heteroatoms. The smallest absolute Gasteiger partial charge is 0.193 e. The Bertz CT molecular complexity index is 541. The number of aliphatic imine (C=N–C) groups is 1. The zero-order valence-electron chi connectivity index (χ0n) is 15.2. The van der Waals surface area contributed by atoms with Gasteiger partial charge in [-0.25, -0.2) is 0 Å². The molecule has 1 N–H and O–H groups in total. The van der Waals surface area contributed by atoms with Gasteiger partial charge in [-0.2, -0.15) is 0 Å². The first-order valence-electron chi connectivity index (χ1n) is 8.91. The summed E-state index contributed by atoms with van der Waals surface area (Å²) in [5.41, 5.74) is 1.43. The van der Waals surface area contributed by atoms with E-state index in [1.165, 1.54) is 18.4 Å². The normalized spacial score (nSPS) is 25.6. The summed E-state index contributed by atoms with van der Waals surface area (Å²) in [6.07, 6.45) is 2.36. The number of ether oxygens (including phenoxy) is 2. The molecule has 1 aliphatic heterocycles. The van der Waals surface area contributed by atoms with Crippen LogP contribution in [0, 0.1) is 5.92 Å². The molecule has 25 heavy (non-hydrogen) atoms. The van der Waals surface area contributed by atoms with Crippen LogP contribution in [0.4, 0.5) is 0 Å². The second-order valence-corrected chi connectivity index (χ2v) is 6.72. The van der Waals surface area contributed by atoms with E-state index in [0.717, 1.165) is 25.7 Å². The Hall–Kier alpha value is -0.860. The quantitative estimate of drug-likeness (QED) is 0.295. The minimum atomic E-state index is 0. The molecule has 0 amide bonds. The number of benzene rings is 1. The highest BCUT2D eigenvalue weighted by molar-refractivity contribution is 14.0. The fourth-order valence-electron chi connectivity index (χ4n) is 3.44. The van der Waals surface area contributed by atoms with Crippen LogP contribution >= 0.6 is 24.0 Å². The molecule has 140 valence electrons. The Labute approximate surface area is 168 Å². The molecule has 0 bridgehead atoms. The number of guanidine groups is 1. The van der Waals surface area contributed by atoms with Gasteiger partial charge in [-0.15, -0.1) is 24.0 Å². The van der Waals surface area contributed by atoms with Gasteiger partial charge in [-0.05, 0) is 18.4 Å². The number of halogens is 1. The van der Waals surface area contributed by atoms with Gasteiger partial charge >= 0.3 is 0 Å². The van der Waals surface area contributed by atoms with Gasteiger partial charge in [0.1, 0.15) is 0 Å². The number of hydrogen-bond donors (Lipinski definition) is 1. The zero-order chi connectivity index (χ0) is 16.8. The van der Waals surface area contributed by atoms with Gasteiger partial charge in [-0.1, -0.05) is 30.3 Å². The van der Waals surface area contributed by atoms with E-state index in [1.54, 1.807) is 7.11 Å². The van der Waals surface area contributed by atoms with Gasteiger partial charge in [0.15, 0.2) is 5.96 Å². The Balaban J connectivity index is 0.00000225. The topological polar surface area (TPSA) is 46.1 Å². The van der Waals surface area contributed by atoms with Crippen molar-refractivity contribution in [1.29, 1.82) is 0 Å². The van der Waals surface area contributed by atoms with Crippen LogP contribution in [0.25, 0.3) is 0 Å². The molecule has 1 saturated heterocycles. The standard InChI is InChI=1S/C19H29N3O2.HI/c1-20-19(21-18-12-17(18)16-6-4-3-5-7-16)22-9-8-15(13-22)14-24-11-10-23-2;/h3-7,15,17-18H,8-14H2,1-2H3,(H,20,21);1H. The summed E-state index contributed by atoms with van der Waals surface area (Å²) >= 11 is 0. The minimum Gasteiger partial charge on any atom is -0.382 e. The van der Waals surface area contributed by atoms with Crippen LogP contribution in [0.5, 0.6) is 0 Å². The molecule has 3 unspecified atom stereocenters. The molecule has 2 aliphatic rings. The second kappa shape index (κ2) is 10.3. The summed E-state index contributed by atoms with van der Waals surface area (Å²) in [4.78, 5) is 6.86. The second-order valence-electron chi connectivity index (χ2n) is 6.72. The third-order valence-electron chi connectivity index (χ3n) is 4.92. The number of rotatable bonds is 7. The Morgan fingerprint density at radius 1 is 1.28 bits per heavy atom. The highest BCUT2D eigenvalue weighted by atomic mass is 127. The molecule has 1 aromatic carbocycles. The Morgan fingerprint density at radius 3 is 2.80 bits per heavy atom. The maximum absolute atomic E-state index is 5.68. The van der Waals surface area contributed by atoms with Crippen molar-refractivity contribution >= 4 is 29.9 Å². The largest absolute Gasteiger partial charge is 0.382 e. The fraction of sp³-hybridized carbons (Fsp3) is 0.632. The van der Waals surface area contributed by atoms with E-state index in [-0.39, 0.29) is 24.0 Å². The molecule has 3 rings (SSSR count). The van der Waals surface area contributed by atoms with Gasteiger partial charge in [0.25, 0.3) is 0 Å². The summed E-state index contributed by atoms with van der Waals surface area (Å²) in [5.74, 6) is 2.25. The lowest BCUT2D eigenvalue weighted by Crippen LogP contribution is -2.41. The van der Waals surface area contributed by atoms with Crippen molar-refractivity contribution in [2.45, 2.75) is 24.8 Å². The van der Waals surface area contributed by atoms with Gasteiger partial charge in [0, 0.05) is 45.1 Å². The first-order chi connectivity index (χ1) is 11.8. The van der Waals surface area contributed by atoms with Crippen LogP contribution in [0.3, 0.4) is 0 Å². The number of methoxy groups -OCH3 is 1. The Kier molecular flexibility index (Phi) is 8.45. The Morgan fingerprint density at radius 2 is 2.08 bits per heavy atom. The van der Waals surface area contributed by atoms with Gasteiger partial charge < -0.3 is 19.7 Å². The molecule has 1 aliphatic carbocycles. The SMILES string of the molecule is CN=C(NC1CC1c1ccccc1)N1CCC(COCCOC)C1.I. The van der Waals surface area contributed by atoms with E-state index in [1.807, 2.05) is 7.05 Å². The van der Waals surface area contributed by atoms with Crippen molar-refractivity contribution in [3.8, 4) is 0 Å². The molecule has 2 fully saturated rings. The molecule has 1 saturated carbocycles. The van der Waals surface area contributed by atoms with Crippen molar-refractivity contribution in [1.82, 2.24) is 10.2 Å². The van der Waals surface area contributed by atoms with Crippen LogP contribution in [-0.2, 0) is 9.47 Å². The zero-order valence-corrected chi connectivity index (χ0v) is 17.5. The lowest BCUT2D eigenvalue weighted by atomic mass is 10.1. The first kappa shape index (κ1) is 20.5. The van der Waals surface area contributed by atoms with Crippen LogP contribution < -0.4 is 5.32 Å². The predicted molar refractivity (Wildman–Crippen MR) is 112 cm³/mol. The van der Waals surface area contributed by atoms with Crippen molar-refractivity contribution in [2.24, 2.45) is 10.9 Å². The van der Waals surface area contributed by atoms with Crippen LogP contribution in [0.15, 0.2) is 35.3 Å². The fourth-order valence-corrected chi connectivity index (χ4v) is 3.44. The molecule has 0 aromatic heterocycles. The highest BCUT2D eigenvalue weighted by Gasteiger charge is 2.40. The van der Waals surface area contributed by atoms with E-state index < -0.39 is 0 Å². The molecule has 1 heterocycles. The molecule has 0 spiro atoms. The molecular formula is C19H30IN3O2. The van der Waals surface area contributed by atoms with E-state index in [4.69, 9.17) is 9.47 Å². The summed E-state index contributed by atoms with van der Waals surface area (Å²) in [6, 6.07) is 11.3. The summed E-state index contributed by atoms with van der Waals surface area (Å²) < 4.78 is 10.7. The molecule has 5 nitrogen and oxygen atoms in total. The summed E-state index contributed by atoms with van der Waals surface area (Å²) in [6.45, 7) is 4.24. The van der Waals surface area contributed by atoms with Gasteiger partial charge in [-0.3, -0.25) is 4.99 Å². The average molecular weight is 459 g/mol. The number of hydrogen-bond acceptors (Lipinski definition) is 3. The van der Waals surface area contributed by atoms with E-state index in [0.29, 0.717) is 31.1 Å². The lowest BCUT2D eigenvalue weighted by Gasteiger charge is -2.22. The average Bonchev–Trinajstić information content (AvgIpc) is 3.24.